The van der Waals surface area contributed by atoms with E-state index in [0.29, 0.717) is 11.5 Å². The van der Waals surface area contributed by atoms with Gasteiger partial charge in [-0.15, -0.1) is 0 Å². The summed E-state index contributed by atoms with van der Waals surface area (Å²) in [6, 6.07) is 2.20. The van der Waals surface area contributed by atoms with Crippen LogP contribution in [0.25, 0.3) is 0 Å². The molecule has 1 aromatic carbocycles. The second-order valence-corrected chi connectivity index (χ2v) is 7.45. The number of anilines is 2. The smallest absolute Gasteiger partial charge is 0.414 e. The van der Waals surface area contributed by atoms with Gasteiger partial charge in [0.1, 0.15) is 18.4 Å². The molecule has 2 aliphatic rings. The van der Waals surface area contributed by atoms with Crippen LogP contribution >= 0.6 is 12.2 Å². The minimum Gasteiger partial charge on any atom is -0.442 e. The largest absolute Gasteiger partial charge is 0.442 e. The van der Waals surface area contributed by atoms with Crippen LogP contribution in [0.15, 0.2) is 12.1 Å². The number of thiocarbonyl (C=S) groups is 1. The maximum absolute atomic E-state index is 14.7. The Morgan fingerprint density at radius 3 is 2.45 bits per heavy atom. The van der Waals surface area contributed by atoms with Crippen LogP contribution in [0.4, 0.5) is 25.0 Å². The highest BCUT2D eigenvalue weighted by Crippen LogP contribution is 2.31. The molecule has 2 N–H and O–H groups in total. The molecule has 3 rings (SSSR count). The van der Waals surface area contributed by atoms with Crippen molar-refractivity contribution in [3.63, 3.8) is 0 Å². The third kappa shape index (κ3) is 4.73. The minimum atomic E-state index is -0.800. The number of amides is 2. The molecule has 29 heavy (non-hydrogen) atoms. The van der Waals surface area contributed by atoms with Gasteiger partial charge in [0.15, 0.2) is 11.6 Å². The second-order valence-electron chi connectivity index (χ2n) is 6.84. The van der Waals surface area contributed by atoms with Crippen LogP contribution in [0.5, 0.6) is 0 Å². The Hall–Kier alpha value is -2.53. The number of ether oxygens (including phenoxy) is 1. The molecule has 2 amide bonds. The van der Waals surface area contributed by atoms with Crippen molar-refractivity contribution in [3.8, 4) is 0 Å². The number of aliphatic hydroxyl groups excluding tert-OH is 1. The topological polar surface area (TPSA) is 85.4 Å². The van der Waals surface area contributed by atoms with E-state index in [9.17, 15) is 18.4 Å². The number of aliphatic hydroxyl groups is 1. The molecule has 0 radical (unpaired) electrons. The lowest BCUT2D eigenvalue weighted by molar-refractivity contribution is -0.134. The van der Waals surface area contributed by atoms with Crippen molar-refractivity contribution >= 4 is 40.6 Å². The monoisotopic (exact) mass is 428 g/mol. The molecule has 2 saturated heterocycles. The Balaban J connectivity index is 1.71. The van der Waals surface area contributed by atoms with Crippen molar-refractivity contribution in [2.75, 3.05) is 55.7 Å². The first-order valence-corrected chi connectivity index (χ1v) is 9.56. The van der Waals surface area contributed by atoms with Crippen LogP contribution in [0.3, 0.4) is 0 Å². The molecule has 0 saturated carbocycles. The lowest BCUT2D eigenvalue weighted by Crippen LogP contribution is -2.50. The predicted molar refractivity (Wildman–Crippen MR) is 106 cm³/mol. The van der Waals surface area contributed by atoms with Gasteiger partial charge < -0.3 is 25.0 Å². The van der Waals surface area contributed by atoms with E-state index in [2.05, 4.69) is 5.32 Å². The van der Waals surface area contributed by atoms with Crippen LogP contribution in [0, 0.1) is 11.6 Å². The highest BCUT2D eigenvalue weighted by Gasteiger charge is 2.34. The molecule has 1 atom stereocenters. The molecular formula is C18H22F2N4O4S. The number of carbonyl (C=O) groups excluding carboxylic acids is 2. The van der Waals surface area contributed by atoms with Crippen LogP contribution < -0.4 is 15.1 Å². The zero-order valence-corrected chi connectivity index (χ0v) is 16.7. The lowest BCUT2D eigenvalue weighted by atomic mass is 10.2. The molecule has 0 bridgehead atoms. The van der Waals surface area contributed by atoms with Gasteiger partial charge in [-0.1, -0.05) is 12.2 Å². The number of piperazine rings is 1. The summed E-state index contributed by atoms with van der Waals surface area (Å²) >= 11 is 4.92. The molecule has 158 valence electrons. The molecule has 0 aliphatic carbocycles. The van der Waals surface area contributed by atoms with Crippen LogP contribution in [0.1, 0.15) is 6.92 Å². The first kappa shape index (κ1) is 21.2. The van der Waals surface area contributed by atoms with Gasteiger partial charge in [0, 0.05) is 38.3 Å². The summed E-state index contributed by atoms with van der Waals surface area (Å²) in [5.74, 6) is -2.02. The number of benzene rings is 1. The van der Waals surface area contributed by atoms with Crippen molar-refractivity contribution in [1.82, 2.24) is 10.2 Å². The van der Waals surface area contributed by atoms with Crippen molar-refractivity contribution < 1.29 is 28.2 Å². The number of nitrogens with one attached hydrogen (secondary N) is 1. The summed E-state index contributed by atoms with van der Waals surface area (Å²) in [6.45, 7) is 2.55. The lowest BCUT2D eigenvalue weighted by Gasteiger charge is -2.36. The Labute approximate surface area is 172 Å². The van der Waals surface area contributed by atoms with Gasteiger partial charge in [0.25, 0.3) is 0 Å². The molecule has 2 heterocycles. The van der Waals surface area contributed by atoms with E-state index in [-0.39, 0.29) is 44.1 Å². The standard InChI is InChI=1S/C18H22F2N4O4S/c1-11(29)21-8-13-9-24(18(27)28-13)12-6-14(19)17(15(20)7-12)23-4-2-22(3-5-23)16(26)10-25/h6-7,13,25H,2-5,8-10H2,1H3,(H,21,29)/t13-/m0/s1. The fourth-order valence-electron chi connectivity index (χ4n) is 3.39. The van der Waals surface area contributed by atoms with Gasteiger partial charge in [-0.2, -0.15) is 0 Å². The summed E-state index contributed by atoms with van der Waals surface area (Å²) < 4.78 is 34.7. The number of hydrogen-bond donors (Lipinski definition) is 2. The van der Waals surface area contributed by atoms with E-state index in [1.165, 1.54) is 14.7 Å². The molecule has 8 nitrogen and oxygen atoms in total. The van der Waals surface area contributed by atoms with Gasteiger partial charge in [-0.25, -0.2) is 13.6 Å². The Kier molecular flexibility index (Phi) is 6.48. The van der Waals surface area contributed by atoms with Gasteiger partial charge in [-0.3, -0.25) is 9.69 Å². The first-order chi connectivity index (χ1) is 13.8. The zero-order valence-electron chi connectivity index (χ0n) is 15.9. The fraction of sp³-hybridized carbons (Fsp3) is 0.500. The number of cyclic esters (lactones) is 1. The highest BCUT2D eigenvalue weighted by atomic mass is 32.1. The fourth-order valence-corrected chi connectivity index (χ4v) is 3.47. The highest BCUT2D eigenvalue weighted by molar-refractivity contribution is 7.80. The maximum Gasteiger partial charge on any atom is 0.414 e. The number of carbonyl (C=O) groups is 2. The Bertz CT molecular complexity index is 794. The van der Waals surface area contributed by atoms with Crippen molar-refractivity contribution in [3.05, 3.63) is 23.8 Å². The summed E-state index contributed by atoms with van der Waals surface area (Å²) in [5.41, 5.74) is -0.128. The van der Waals surface area contributed by atoms with E-state index in [0.717, 1.165) is 12.1 Å². The van der Waals surface area contributed by atoms with Gasteiger partial charge in [-0.05, 0) is 6.92 Å². The van der Waals surface area contributed by atoms with E-state index >= 15 is 0 Å². The van der Waals surface area contributed by atoms with Crippen LogP contribution in [-0.4, -0.2) is 79.0 Å². The summed E-state index contributed by atoms with van der Waals surface area (Å²) in [7, 11) is 0. The number of rotatable bonds is 5. The number of halogens is 2. The first-order valence-electron chi connectivity index (χ1n) is 9.15. The molecule has 0 aromatic heterocycles. The summed E-state index contributed by atoms with van der Waals surface area (Å²) in [6.07, 6.45) is -1.16. The van der Waals surface area contributed by atoms with Crippen LogP contribution in [-0.2, 0) is 9.53 Å². The molecule has 1 aromatic rings. The van der Waals surface area contributed by atoms with Gasteiger partial charge in [0.05, 0.1) is 23.8 Å². The maximum atomic E-state index is 14.7. The average molecular weight is 428 g/mol. The number of hydrogen-bond acceptors (Lipinski definition) is 6. The van der Waals surface area contributed by atoms with Crippen LogP contribution in [0.2, 0.25) is 0 Å². The minimum absolute atomic E-state index is 0.0735. The summed E-state index contributed by atoms with van der Waals surface area (Å²) in [4.78, 5) is 28.3. The number of nitrogens with zero attached hydrogens (tertiary/aromatic N) is 3. The predicted octanol–water partition coefficient (Wildman–Crippen LogP) is 0.868. The molecule has 2 fully saturated rings. The zero-order chi connectivity index (χ0) is 21.1. The van der Waals surface area contributed by atoms with Gasteiger partial charge >= 0.3 is 6.09 Å². The quantitative estimate of drug-likeness (QED) is 0.673. The van der Waals surface area contributed by atoms with E-state index in [1.54, 1.807) is 6.92 Å². The van der Waals surface area contributed by atoms with E-state index in [1.807, 2.05) is 0 Å². The normalized spacial score (nSPS) is 19.4. The Morgan fingerprint density at radius 2 is 1.90 bits per heavy atom. The molecule has 0 unspecified atom stereocenters. The molecule has 11 heteroatoms. The molecule has 2 aliphatic heterocycles. The van der Waals surface area contributed by atoms with E-state index in [4.69, 9.17) is 22.1 Å². The third-order valence-electron chi connectivity index (χ3n) is 4.85. The average Bonchev–Trinajstić information content (AvgIpc) is 3.06. The molecule has 0 spiro atoms. The van der Waals surface area contributed by atoms with Crippen molar-refractivity contribution in [1.29, 1.82) is 0 Å². The van der Waals surface area contributed by atoms with Gasteiger partial charge in [0.2, 0.25) is 5.91 Å². The Morgan fingerprint density at radius 1 is 1.28 bits per heavy atom. The van der Waals surface area contributed by atoms with Crippen molar-refractivity contribution in [2.24, 2.45) is 0 Å². The van der Waals surface area contributed by atoms with E-state index < -0.39 is 36.3 Å². The second kappa shape index (κ2) is 8.87. The summed E-state index contributed by atoms with van der Waals surface area (Å²) in [5, 5.41) is 11.8. The SMILES string of the molecule is CC(=S)NC[C@H]1CN(c2cc(F)c(N3CCN(C(=O)CO)CC3)c(F)c2)C(=O)O1. The van der Waals surface area contributed by atoms with Crippen molar-refractivity contribution in [2.45, 2.75) is 13.0 Å². The third-order valence-corrected chi connectivity index (χ3v) is 4.99. The molecular weight excluding hydrogens is 406 g/mol.